The van der Waals surface area contributed by atoms with E-state index in [1.807, 2.05) is 0 Å². The Morgan fingerprint density at radius 2 is 2.10 bits per heavy atom. The van der Waals surface area contributed by atoms with Crippen molar-refractivity contribution in [2.24, 2.45) is 5.92 Å². The Kier molecular flexibility index (Phi) is 5.30. The maximum absolute atomic E-state index is 12.6. The van der Waals surface area contributed by atoms with Crippen molar-refractivity contribution in [3.05, 3.63) is 22.9 Å². The van der Waals surface area contributed by atoms with Crippen molar-refractivity contribution in [2.75, 3.05) is 26.3 Å². The zero-order valence-corrected chi connectivity index (χ0v) is 15.9. The number of thiophene rings is 1. The summed E-state index contributed by atoms with van der Waals surface area (Å²) in [5.41, 5.74) is 0. The van der Waals surface area contributed by atoms with Gasteiger partial charge in [-0.3, -0.25) is 9.59 Å². The van der Waals surface area contributed by atoms with Crippen LogP contribution in [0.4, 0.5) is 13.2 Å². The molecule has 3 heterocycles. The number of hydrogen-bond acceptors (Lipinski definition) is 7. The van der Waals surface area contributed by atoms with E-state index >= 15 is 0 Å². The second-order valence-electron chi connectivity index (χ2n) is 6.83. The molecule has 29 heavy (non-hydrogen) atoms. The predicted molar refractivity (Wildman–Crippen MR) is 94.0 cm³/mol. The number of hydrogen-bond donors (Lipinski definition) is 1. The van der Waals surface area contributed by atoms with Crippen molar-refractivity contribution in [3.63, 3.8) is 0 Å². The van der Waals surface area contributed by atoms with Crippen LogP contribution >= 0.6 is 11.3 Å². The van der Waals surface area contributed by atoms with Gasteiger partial charge in [0.25, 0.3) is 5.91 Å². The van der Waals surface area contributed by atoms with E-state index < -0.39 is 18.0 Å². The van der Waals surface area contributed by atoms with Crippen molar-refractivity contribution in [3.8, 4) is 10.7 Å². The van der Waals surface area contributed by atoms with E-state index in [-0.39, 0.29) is 40.0 Å². The molecule has 4 rings (SSSR count). The molecule has 2 aliphatic rings. The Hall–Kier alpha value is -2.47. The molecule has 156 valence electrons. The van der Waals surface area contributed by atoms with E-state index in [9.17, 15) is 22.8 Å². The number of aromatic nitrogens is 2. The number of nitrogens with zero attached hydrogens (tertiary/aromatic N) is 3. The van der Waals surface area contributed by atoms with Gasteiger partial charge in [0.15, 0.2) is 0 Å². The second-order valence-corrected chi connectivity index (χ2v) is 7.91. The Morgan fingerprint density at radius 1 is 1.31 bits per heavy atom. The second kappa shape index (κ2) is 7.75. The van der Waals surface area contributed by atoms with Gasteiger partial charge in [0, 0.05) is 19.0 Å². The monoisotopic (exact) mass is 430 g/mol. The number of morpholine rings is 1. The highest BCUT2D eigenvalue weighted by atomic mass is 32.1. The van der Waals surface area contributed by atoms with Gasteiger partial charge in [0.2, 0.25) is 11.7 Å². The average molecular weight is 430 g/mol. The fourth-order valence-electron chi connectivity index (χ4n) is 3.00. The van der Waals surface area contributed by atoms with Gasteiger partial charge in [0.1, 0.15) is 0 Å². The molecule has 8 nitrogen and oxygen atoms in total. The third kappa shape index (κ3) is 4.42. The Morgan fingerprint density at radius 3 is 2.79 bits per heavy atom. The van der Waals surface area contributed by atoms with Crippen LogP contribution in [0.5, 0.6) is 0 Å². The predicted octanol–water partition coefficient (Wildman–Crippen LogP) is 2.18. The van der Waals surface area contributed by atoms with Gasteiger partial charge in [-0.05, 0) is 25.0 Å². The van der Waals surface area contributed by atoms with E-state index in [0.29, 0.717) is 19.8 Å². The molecule has 2 fully saturated rings. The summed E-state index contributed by atoms with van der Waals surface area (Å²) in [5.74, 6) is -1.88. The van der Waals surface area contributed by atoms with E-state index in [4.69, 9.17) is 4.74 Å². The van der Waals surface area contributed by atoms with Gasteiger partial charge in [0.05, 0.1) is 29.0 Å². The minimum absolute atomic E-state index is 0.0858. The lowest BCUT2D eigenvalue weighted by Gasteiger charge is -2.35. The first-order valence-electron chi connectivity index (χ1n) is 9.00. The summed E-state index contributed by atoms with van der Waals surface area (Å²) >= 11 is 0.950. The van der Waals surface area contributed by atoms with Gasteiger partial charge in [-0.15, -0.1) is 11.3 Å². The number of amides is 2. The first-order chi connectivity index (χ1) is 13.8. The lowest BCUT2D eigenvalue weighted by atomic mass is 10.2. The van der Waals surface area contributed by atoms with Crippen LogP contribution in [0.1, 0.15) is 28.4 Å². The quantitative estimate of drug-likeness (QED) is 0.781. The minimum Gasteiger partial charge on any atom is -0.377 e. The summed E-state index contributed by atoms with van der Waals surface area (Å²) < 4.78 is 47.4. The molecule has 12 heteroatoms. The molecule has 1 saturated heterocycles. The lowest BCUT2D eigenvalue weighted by Crippen LogP contribution is -2.54. The zero-order valence-electron chi connectivity index (χ0n) is 15.1. The summed E-state index contributed by atoms with van der Waals surface area (Å²) in [6.07, 6.45) is -2.92. The van der Waals surface area contributed by atoms with Gasteiger partial charge in [-0.2, -0.15) is 18.2 Å². The summed E-state index contributed by atoms with van der Waals surface area (Å²) in [5, 5.41) is 6.07. The minimum atomic E-state index is -4.73. The molecule has 0 aromatic carbocycles. The van der Waals surface area contributed by atoms with Gasteiger partial charge < -0.3 is 19.5 Å². The van der Waals surface area contributed by atoms with Crippen LogP contribution in [0, 0.1) is 5.92 Å². The molecular formula is C17H17F3N4O4S. The van der Waals surface area contributed by atoms with Crippen LogP contribution in [0.25, 0.3) is 10.7 Å². The van der Waals surface area contributed by atoms with Gasteiger partial charge in [-0.25, -0.2) is 0 Å². The zero-order chi connectivity index (χ0) is 20.6. The van der Waals surface area contributed by atoms with E-state index in [1.165, 1.54) is 12.1 Å². The number of halogens is 3. The molecule has 1 aliphatic carbocycles. The fourth-order valence-corrected chi connectivity index (χ4v) is 3.84. The maximum Gasteiger partial charge on any atom is 0.471 e. The molecule has 0 bridgehead atoms. The molecular weight excluding hydrogens is 413 g/mol. The average Bonchev–Trinajstić information content (AvgIpc) is 3.20. The van der Waals surface area contributed by atoms with E-state index in [0.717, 1.165) is 24.2 Å². The maximum atomic E-state index is 12.6. The molecule has 0 radical (unpaired) electrons. The number of carbonyl (C=O) groups excluding carboxylic acids is 2. The topological polar surface area (TPSA) is 97.6 Å². The van der Waals surface area contributed by atoms with Crippen LogP contribution in [-0.4, -0.2) is 59.2 Å². The number of carbonyl (C=O) groups is 2. The fraction of sp³-hybridized carbons (Fsp3) is 0.529. The molecule has 1 unspecified atom stereocenters. The first-order valence-corrected chi connectivity index (χ1v) is 9.82. The Bertz CT molecular complexity index is 909. The van der Waals surface area contributed by atoms with Crippen molar-refractivity contribution < 1.29 is 32.0 Å². The standard InChI is InChI=1S/C17H17F3N4O4S/c18-17(19,20)16-22-13(23-28-16)11-3-4-12(29-11)14(25)21-7-10-8-27-6-5-24(10)15(26)9-1-2-9/h3-4,9-10H,1-2,5-8H2,(H,21,25). The van der Waals surface area contributed by atoms with E-state index in [2.05, 4.69) is 20.0 Å². The Labute approximate surface area is 167 Å². The summed E-state index contributed by atoms with van der Waals surface area (Å²) in [7, 11) is 0. The van der Waals surface area contributed by atoms with Crippen LogP contribution in [0.2, 0.25) is 0 Å². The van der Waals surface area contributed by atoms with Crippen LogP contribution in [0.3, 0.4) is 0 Å². The lowest BCUT2D eigenvalue weighted by molar-refractivity contribution is -0.159. The van der Waals surface area contributed by atoms with Crippen LogP contribution in [-0.2, 0) is 15.7 Å². The highest BCUT2D eigenvalue weighted by molar-refractivity contribution is 7.17. The molecule has 0 spiro atoms. The molecule has 2 aromatic rings. The number of nitrogens with one attached hydrogen (secondary N) is 1. The smallest absolute Gasteiger partial charge is 0.377 e. The van der Waals surface area contributed by atoms with Gasteiger partial charge in [-0.1, -0.05) is 5.16 Å². The third-order valence-electron chi connectivity index (χ3n) is 4.65. The normalized spacial score (nSPS) is 20.0. The molecule has 2 aromatic heterocycles. The molecule has 1 aliphatic heterocycles. The van der Waals surface area contributed by atoms with Gasteiger partial charge >= 0.3 is 12.1 Å². The molecule has 1 atom stereocenters. The largest absolute Gasteiger partial charge is 0.471 e. The van der Waals surface area contributed by atoms with Crippen molar-refractivity contribution >= 4 is 23.2 Å². The summed E-state index contributed by atoms with van der Waals surface area (Å²) in [4.78, 5) is 30.4. The molecule has 2 amide bonds. The van der Waals surface area contributed by atoms with Crippen LogP contribution < -0.4 is 5.32 Å². The summed E-state index contributed by atoms with van der Waals surface area (Å²) in [6, 6.07) is 2.69. The van der Waals surface area contributed by atoms with Crippen LogP contribution in [0.15, 0.2) is 16.7 Å². The third-order valence-corrected chi connectivity index (χ3v) is 5.73. The van der Waals surface area contributed by atoms with Crippen molar-refractivity contribution in [2.45, 2.75) is 25.1 Å². The highest BCUT2D eigenvalue weighted by Gasteiger charge is 2.39. The SMILES string of the molecule is O=C(NCC1COCCN1C(=O)C1CC1)c1ccc(-c2noc(C(F)(F)F)n2)s1. The molecule has 1 N–H and O–H groups in total. The highest BCUT2D eigenvalue weighted by Crippen LogP contribution is 2.33. The van der Waals surface area contributed by atoms with Crippen molar-refractivity contribution in [1.29, 1.82) is 0 Å². The van der Waals surface area contributed by atoms with E-state index in [1.54, 1.807) is 4.90 Å². The number of alkyl halides is 3. The summed E-state index contributed by atoms with van der Waals surface area (Å²) in [6.45, 7) is 1.54. The Balaban J connectivity index is 1.37. The number of rotatable bonds is 5. The first kappa shape index (κ1) is 19.8. The molecule has 1 saturated carbocycles. The number of ether oxygens (including phenoxy) is 1. The van der Waals surface area contributed by atoms with Crippen molar-refractivity contribution in [1.82, 2.24) is 20.4 Å².